The van der Waals surface area contributed by atoms with Gasteiger partial charge in [0, 0.05) is 50.9 Å². The number of piperazine rings is 1. The molecule has 0 aliphatic carbocycles. The van der Waals surface area contributed by atoms with Gasteiger partial charge in [-0.05, 0) is 31.2 Å². The van der Waals surface area contributed by atoms with Crippen LogP contribution in [-0.4, -0.2) is 62.7 Å². The second-order valence-electron chi connectivity index (χ2n) is 7.50. The normalized spacial score (nSPS) is 14.9. The maximum atomic E-state index is 12.7. The number of benzene rings is 1. The van der Waals surface area contributed by atoms with Crippen LogP contribution < -0.4 is 9.62 Å². The summed E-state index contributed by atoms with van der Waals surface area (Å²) in [5, 5.41) is 0. The number of Topliss-reactive ketones (excluding diaryl/α,β-unsaturated/α-hetero) is 1. The van der Waals surface area contributed by atoms with E-state index in [0.717, 1.165) is 12.3 Å². The highest BCUT2D eigenvalue weighted by molar-refractivity contribution is 7.89. The third-order valence-corrected chi connectivity index (χ3v) is 6.67. The SMILES string of the molecule is CC(=O)c1cccc(S(=O)(=O)NCCC(=O)N2CCN(c3ccc(C(F)(F)F)cn3)CC2)c1. The van der Waals surface area contributed by atoms with Gasteiger partial charge in [0.25, 0.3) is 0 Å². The zero-order valence-corrected chi connectivity index (χ0v) is 18.6. The van der Waals surface area contributed by atoms with Gasteiger partial charge in [-0.25, -0.2) is 18.1 Å². The van der Waals surface area contributed by atoms with E-state index < -0.39 is 21.8 Å². The quantitative estimate of drug-likeness (QED) is 0.606. The van der Waals surface area contributed by atoms with Gasteiger partial charge in [0.15, 0.2) is 5.78 Å². The van der Waals surface area contributed by atoms with Crippen LogP contribution in [0, 0.1) is 0 Å². The number of alkyl halides is 3. The molecule has 178 valence electrons. The first kappa shape index (κ1) is 24.6. The minimum Gasteiger partial charge on any atom is -0.353 e. The molecule has 1 fully saturated rings. The van der Waals surface area contributed by atoms with Gasteiger partial charge in [0.1, 0.15) is 5.82 Å². The van der Waals surface area contributed by atoms with Crippen molar-refractivity contribution in [2.24, 2.45) is 0 Å². The highest BCUT2D eigenvalue weighted by Gasteiger charge is 2.31. The number of nitrogens with zero attached hydrogens (tertiary/aromatic N) is 3. The van der Waals surface area contributed by atoms with Gasteiger partial charge in [0.05, 0.1) is 10.5 Å². The minimum atomic E-state index is -4.45. The average Bonchev–Trinajstić information content (AvgIpc) is 2.78. The summed E-state index contributed by atoms with van der Waals surface area (Å²) in [6.45, 7) is 2.71. The third kappa shape index (κ3) is 6.29. The summed E-state index contributed by atoms with van der Waals surface area (Å²) in [5.41, 5.74) is -0.551. The number of pyridine rings is 1. The summed E-state index contributed by atoms with van der Waals surface area (Å²) in [6.07, 6.45) is -3.72. The Kier molecular flexibility index (Phi) is 7.38. The van der Waals surface area contributed by atoms with E-state index in [0.29, 0.717) is 32.0 Å². The lowest BCUT2D eigenvalue weighted by Gasteiger charge is -2.35. The second-order valence-corrected chi connectivity index (χ2v) is 9.27. The number of nitrogens with one attached hydrogen (secondary N) is 1. The van der Waals surface area contributed by atoms with Gasteiger partial charge >= 0.3 is 6.18 Å². The number of ketones is 1. The number of hydrogen-bond donors (Lipinski definition) is 1. The fraction of sp³-hybridized carbons (Fsp3) is 0.381. The largest absolute Gasteiger partial charge is 0.417 e. The summed E-state index contributed by atoms with van der Waals surface area (Å²) in [7, 11) is -3.87. The first-order valence-corrected chi connectivity index (χ1v) is 11.6. The van der Waals surface area contributed by atoms with E-state index in [1.165, 1.54) is 37.3 Å². The lowest BCUT2D eigenvalue weighted by molar-refractivity contribution is -0.137. The van der Waals surface area contributed by atoms with Gasteiger partial charge in [-0.2, -0.15) is 13.2 Å². The van der Waals surface area contributed by atoms with Crippen molar-refractivity contribution in [1.29, 1.82) is 0 Å². The predicted molar refractivity (Wildman–Crippen MR) is 114 cm³/mol. The van der Waals surface area contributed by atoms with Crippen molar-refractivity contribution in [3.63, 3.8) is 0 Å². The minimum absolute atomic E-state index is 0.0514. The van der Waals surface area contributed by atoms with Gasteiger partial charge < -0.3 is 9.80 Å². The van der Waals surface area contributed by atoms with Crippen molar-refractivity contribution in [2.75, 3.05) is 37.6 Å². The van der Waals surface area contributed by atoms with Crippen LogP contribution in [0.3, 0.4) is 0 Å². The number of aromatic nitrogens is 1. The topological polar surface area (TPSA) is 99.7 Å². The molecule has 0 atom stereocenters. The predicted octanol–water partition coefficient (Wildman–Crippen LogP) is 2.32. The first-order chi connectivity index (χ1) is 15.5. The van der Waals surface area contributed by atoms with Crippen molar-refractivity contribution in [1.82, 2.24) is 14.6 Å². The maximum absolute atomic E-state index is 12.7. The van der Waals surface area contributed by atoms with Crippen LogP contribution >= 0.6 is 0 Å². The van der Waals surface area contributed by atoms with Crippen molar-refractivity contribution < 1.29 is 31.2 Å². The number of carbonyl (C=O) groups excluding carboxylic acids is 2. The van der Waals surface area contributed by atoms with Gasteiger partial charge in [-0.15, -0.1) is 0 Å². The summed E-state index contributed by atoms with van der Waals surface area (Å²) >= 11 is 0. The molecule has 1 aromatic carbocycles. The van der Waals surface area contributed by atoms with E-state index in [9.17, 15) is 31.2 Å². The van der Waals surface area contributed by atoms with Crippen LogP contribution in [0.5, 0.6) is 0 Å². The Hall–Kier alpha value is -2.99. The van der Waals surface area contributed by atoms with Crippen LogP contribution in [0.2, 0.25) is 0 Å². The molecule has 12 heteroatoms. The Bertz CT molecular complexity index is 1110. The third-order valence-electron chi connectivity index (χ3n) is 5.21. The Morgan fingerprint density at radius 3 is 2.36 bits per heavy atom. The van der Waals surface area contributed by atoms with Crippen LogP contribution in [0.25, 0.3) is 0 Å². The molecule has 1 N–H and O–H groups in total. The van der Waals surface area contributed by atoms with E-state index in [1.54, 1.807) is 9.80 Å². The molecular weight excluding hydrogens is 461 g/mol. The Morgan fingerprint density at radius 1 is 1.09 bits per heavy atom. The molecule has 3 rings (SSSR count). The standard InChI is InChI=1S/C21H23F3N4O4S/c1-15(29)16-3-2-4-18(13-16)33(31,32)26-8-7-20(30)28-11-9-27(10-12-28)19-6-5-17(14-25-19)21(22,23)24/h2-6,13-14,26H,7-12H2,1H3. The summed E-state index contributed by atoms with van der Waals surface area (Å²) in [6, 6.07) is 7.91. The average molecular weight is 485 g/mol. The zero-order valence-electron chi connectivity index (χ0n) is 17.8. The number of hydrogen-bond acceptors (Lipinski definition) is 6. The van der Waals surface area contributed by atoms with Crippen molar-refractivity contribution in [3.8, 4) is 0 Å². The Morgan fingerprint density at radius 2 is 1.79 bits per heavy atom. The fourth-order valence-corrected chi connectivity index (χ4v) is 4.42. The summed E-state index contributed by atoms with van der Waals surface area (Å²) in [4.78, 5) is 31.1. The molecule has 0 radical (unpaired) electrons. The number of rotatable bonds is 7. The zero-order chi connectivity index (χ0) is 24.2. The molecule has 8 nitrogen and oxygen atoms in total. The van der Waals surface area contributed by atoms with Crippen LogP contribution in [0.4, 0.5) is 19.0 Å². The summed E-state index contributed by atoms with van der Waals surface area (Å²) < 4.78 is 65.2. The van der Waals surface area contributed by atoms with E-state index in [1.807, 2.05) is 0 Å². The lowest BCUT2D eigenvalue weighted by atomic mass is 10.2. The van der Waals surface area contributed by atoms with Crippen LogP contribution in [0.1, 0.15) is 29.3 Å². The monoisotopic (exact) mass is 484 g/mol. The lowest BCUT2D eigenvalue weighted by Crippen LogP contribution is -2.49. The molecule has 2 heterocycles. The number of anilines is 1. The van der Waals surface area contributed by atoms with Crippen LogP contribution in [0.15, 0.2) is 47.5 Å². The Labute approximate surface area is 189 Å². The molecule has 33 heavy (non-hydrogen) atoms. The molecule has 1 aromatic heterocycles. The van der Waals surface area contributed by atoms with Gasteiger partial charge in [-0.1, -0.05) is 12.1 Å². The number of carbonyl (C=O) groups is 2. The molecule has 0 saturated carbocycles. The van der Waals surface area contributed by atoms with E-state index in [-0.39, 0.29) is 35.1 Å². The van der Waals surface area contributed by atoms with Gasteiger partial charge in [-0.3, -0.25) is 9.59 Å². The van der Waals surface area contributed by atoms with E-state index in [4.69, 9.17) is 0 Å². The molecule has 0 bridgehead atoms. The molecule has 0 unspecified atom stereocenters. The molecule has 1 amide bonds. The molecule has 1 aliphatic rings. The van der Waals surface area contributed by atoms with Crippen molar-refractivity contribution in [2.45, 2.75) is 24.4 Å². The van der Waals surface area contributed by atoms with Crippen LogP contribution in [-0.2, 0) is 21.0 Å². The molecule has 1 saturated heterocycles. The highest BCUT2D eigenvalue weighted by Crippen LogP contribution is 2.29. The van der Waals surface area contributed by atoms with Crippen molar-refractivity contribution >= 4 is 27.5 Å². The van der Waals surface area contributed by atoms with E-state index >= 15 is 0 Å². The molecule has 0 spiro atoms. The first-order valence-electron chi connectivity index (χ1n) is 10.1. The van der Waals surface area contributed by atoms with Gasteiger partial charge in [0.2, 0.25) is 15.9 Å². The highest BCUT2D eigenvalue weighted by atomic mass is 32.2. The fourth-order valence-electron chi connectivity index (χ4n) is 3.34. The second kappa shape index (κ2) is 9.87. The maximum Gasteiger partial charge on any atom is 0.417 e. The Balaban J connectivity index is 1.48. The smallest absolute Gasteiger partial charge is 0.353 e. The molecule has 2 aromatic rings. The van der Waals surface area contributed by atoms with E-state index in [2.05, 4.69) is 9.71 Å². The number of sulfonamides is 1. The number of amides is 1. The molecular formula is C21H23F3N4O4S. The molecule has 1 aliphatic heterocycles. The van der Waals surface area contributed by atoms with Crippen molar-refractivity contribution in [3.05, 3.63) is 53.7 Å². The summed E-state index contributed by atoms with van der Waals surface area (Å²) in [5.74, 6) is -0.0984. The number of halogens is 3.